The fraction of sp³-hybridized carbons (Fsp3) is 0.400. The summed E-state index contributed by atoms with van der Waals surface area (Å²) in [6.07, 6.45) is 4.68. The molecule has 0 radical (unpaired) electrons. The van der Waals surface area contributed by atoms with Crippen LogP contribution < -0.4 is 11.3 Å². The fourth-order valence-corrected chi connectivity index (χ4v) is 4.45. The van der Waals surface area contributed by atoms with E-state index in [1.165, 1.54) is 6.92 Å². The molecule has 10 nitrogen and oxygen atoms in total. The molecule has 0 aliphatic heterocycles. The van der Waals surface area contributed by atoms with E-state index >= 15 is 0 Å². The van der Waals surface area contributed by atoms with Gasteiger partial charge in [-0.2, -0.15) is 16.7 Å². The first-order valence-corrected chi connectivity index (χ1v) is 13.5. The smallest absolute Gasteiger partial charge is 0.280 e. The van der Waals surface area contributed by atoms with Gasteiger partial charge in [0.2, 0.25) is 5.95 Å². The Morgan fingerprint density at radius 3 is 2.85 bits per heavy atom. The lowest BCUT2D eigenvalue weighted by Crippen LogP contribution is -2.13. The van der Waals surface area contributed by atoms with Crippen molar-refractivity contribution < 1.29 is 18.6 Å². The van der Waals surface area contributed by atoms with E-state index in [0.717, 1.165) is 22.1 Å². The second kappa shape index (κ2) is 15.2. The minimum Gasteiger partial charge on any atom is -0.370 e. The number of nitrogens with one attached hydrogen (secondary N) is 1. The maximum absolute atomic E-state index is 11.8. The van der Waals surface area contributed by atoms with Crippen molar-refractivity contribution in [1.82, 2.24) is 19.5 Å². The summed E-state index contributed by atoms with van der Waals surface area (Å²) >= 11 is 5.18. The molecule has 3 rings (SSSR count). The van der Waals surface area contributed by atoms with Crippen LogP contribution in [0.1, 0.15) is 12.5 Å². The van der Waals surface area contributed by atoms with E-state index < -0.39 is 8.38 Å². The summed E-state index contributed by atoms with van der Waals surface area (Å²) in [5.41, 5.74) is 7.01. The molecule has 13 heteroatoms. The third kappa shape index (κ3) is 9.52. The zero-order valence-corrected chi connectivity index (χ0v) is 21.7. The number of thioether (sulfide) groups is 1. The number of anilines is 1. The van der Waals surface area contributed by atoms with Gasteiger partial charge in [-0.15, -0.1) is 0 Å². The van der Waals surface area contributed by atoms with Gasteiger partial charge in [0.25, 0.3) is 5.56 Å². The van der Waals surface area contributed by atoms with Gasteiger partial charge in [-0.25, -0.2) is 4.98 Å². The minimum atomic E-state index is -1.19. The summed E-state index contributed by atoms with van der Waals surface area (Å²) in [5, 5.41) is 0. The number of nitrogens with two attached hydrogens (primary N) is 1. The molecule has 0 aliphatic carbocycles. The number of carbonyl (C=O) groups excluding carboxylic acids is 1. The van der Waals surface area contributed by atoms with Crippen LogP contribution in [-0.4, -0.2) is 57.4 Å². The van der Waals surface area contributed by atoms with Gasteiger partial charge < -0.3 is 28.9 Å². The molecule has 0 fully saturated rings. The quantitative estimate of drug-likeness (QED) is 0.194. The van der Waals surface area contributed by atoms with Crippen molar-refractivity contribution in [3.63, 3.8) is 0 Å². The van der Waals surface area contributed by atoms with Gasteiger partial charge in [0.05, 0.1) is 26.1 Å². The van der Waals surface area contributed by atoms with Crippen molar-refractivity contribution in [2.45, 2.75) is 20.1 Å². The summed E-state index contributed by atoms with van der Waals surface area (Å²) in [4.78, 5) is 31.3. The first-order valence-electron chi connectivity index (χ1n) is 9.93. The van der Waals surface area contributed by atoms with Gasteiger partial charge in [-0.05, 0) is 30.9 Å². The maximum atomic E-state index is 11.8. The molecule has 0 saturated heterocycles. The van der Waals surface area contributed by atoms with Crippen molar-refractivity contribution >= 4 is 59.5 Å². The highest BCUT2D eigenvalue weighted by Crippen LogP contribution is 2.39. The molecule has 0 saturated carbocycles. The van der Waals surface area contributed by atoms with Crippen LogP contribution in [0.15, 0.2) is 39.9 Å². The summed E-state index contributed by atoms with van der Waals surface area (Å²) in [7, 11) is -1.19. The Balaban J connectivity index is 0.00000122. The molecule has 1 aromatic carbocycles. The second-order valence-electron chi connectivity index (χ2n) is 6.40. The van der Waals surface area contributed by atoms with Crippen molar-refractivity contribution in [3.05, 3.63) is 51.0 Å². The van der Waals surface area contributed by atoms with Crippen LogP contribution in [0.2, 0.25) is 0 Å². The summed E-state index contributed by atoms with van der Waals surface area (Å²) in [6, 6.07) is 7.96. The molecule has 3 N–H and O–H groups in total. The third-order valence-corrected chi connectivity index (χ3v) is 6.30. The lowest BCUT2D eigenvalue weighted by Gasteiger charge is -2.18. The van der Waals surface area contributed by atoms with Gasteiger partial charge in [-0.3, -0.25) is 9.78 Å². The molecular formula is C20H27BrN5O5PS. The number of aromatic amines is 1. The molecule has 180 valence electrons. The van der Waals surface area contributed by atoms with Gasteiger partial charge in [-0.1, -0.05) is 28.1 Å². The number of fused-ring (bicyclic) bond motifs is 1. The fourth-order valence-electron chi connectivity index (χ4n) is 2.54. The number of carbonyl (C=O) groups is 1. The first kappa shape index (κ1) is 27.4. The predicted molar refractivity (Wildman–Crippen MR) is 135 cm³/mol. The van der Waals surface area contributed by atoms with E-state index in [2.05, 4.69) is 30.9 Å². The van der Waals surface area contributed by atoms with Crippen LogP contribution >= 0.6 is 36.1 Å². The Labute approximate surface area is 205 Å². The normalized spacial score (nSPS) is 11.7. The number of nitrogens with zero attached hydrogens (tertiary/aromatic N) is 3. The molecule has 33 heavy (non-hydrogen) atoms. The number of aromatic nitrogens is 4. The average Bonchev–Trinajstić information content (AvgIpc) is 3.18. The molecule has 3 aromatic rings. The third-order valence-electron chi connectivity index (χ3n) is 3.95. The van der Waals surface area contributed by atoms with Crippen LogP contribution in [0.3, 0.4) is 0 Å². The molecule has 2 heterocycles. The minimum absolute atomic E-state index is 0.0573. The molecular weight excluding hydrogens is 533 g/mol. The lowest BCUT2D eigenvalue weighted by molar-refractivity contribution is -0.106. The Morgan fingerprint density at radius 2 is 2.12 bits per heavy atom. The molecule has 1 atom stereocenters. The number of ether oxygens (including phenoxy) is 1. The highest BCUT2D eigenvalue weighted by molar-refractivity contribution is 9.10. The molecule has 0 amide bonds. The summed E-state index contributed by atoms with van der Waals surface area (Å²) in [5.74, 6) is 0.948. The summed E-state index contributed by atoms with van der Waals surface area (Å²) < 4.78 is 20.4. The van der Waals surface area contributed by atoms with E-state index in [-0.39, 0.29) is 17.0 Å². The first-order chi connectivity index (χ1) is 16.0. The van der Waals surface area contributed by atoms with Crippen molar-refractivity contribution in [2.24, 2.45) is 0 Å². The molecule has 2 aromatic heterocycles. The number of aldehydes is 1. The van der Waals surface area contributed by atoms with Gasteiger partial charge >= 0.3 is 0 Å². The van der Waals surface area contributed by atoms with Crippen molar-refractivity contribution in [2.75, 3.05) is 37.3 Å². The number of hydrogen-bond acceptors (Lipinski definition) is 9. The Bertz CT molecular complexity index is 1070. The van der Waals surface area contributed by atoms with Crippen LogP contribution in [0.4, 0.5) is 5.95 Å². The lowest BCUT2D eigenvalue weighted by atomic mass is 10.2. The Hall–Kier alpha value is -1.82. The van der Waals surface area contributed by atoms with E-state index in [1.54, 1.807) is 22.7 Å². The zero-order valence-electron chi connectivity index (χ0n) is 18.4. The highest BCUT2D eigenvalue weighted by atomic mass is 79.9. The van der Waals surface area contributed by atoms with Crippen LogP contribution in [-0.2, 0) is 31.7 Å². The Kier molecular flexibility index (Phi) is 12.6. The molecule has 0 aliphatic rings. The van der Waals surface area contributed by atoms with E-state index in [9.17, 15) is 4.79 Å². The van der Waals surface area contributed by atoms with Crippen LogP contribution in [0.25, 0.3) is 11.2 Å². The highest BCUT2D eigenvalue weighted by Gasteiger charge is 2.13. The topological polar surface area (TPSA) is 134 Å². The van der Waals surface area contributed by atoms with Gasteiger partial charge in [0.1, 0.15) is 12.6 Å². The van der Waals surface area contributed by atoms with Crippen molar-refractivity contribution in [3.8, 4) is 0 Å². The van der Waals surface area contributed by atoms with Crippen molar-refractivity contribution in [1.29, 1.82) is 0 Å². The van der Waals surface area contributed by atoms with E-state index in [0.29, 0.717) is 38.4 Å². The number of rotatable bonds is 12. The largest absolute Gasteiger partial charge is 0.370 e. The van der Waals surface area contributed by atoms with Crippen LogP contribution in [0.5, 0.6) is 0 Å². The molecule has 1 unspecified atom stereocenters. The van der Waals surface area contributed by atoms with Crippen LogP contribution in [0, 0.1) is 0 Å². The number of benzene rings is 1. The van der Waals surface area contributed by atoms with Gasteiger partial charge in [0.15, 0.2) is 19.5 Å². The average molecular weight is 560 g/mol. The van der Waals surface area contributed by atoms with E-state index in [4.69, 9.17) is 24.3 Å². The Morgan fingerprint density at radius 1 is 1.33 bits per heavy atom. The zero-order chi connectivity index (χ0) is 24.1. The maximum Gasteiger partial charge on any atom is 0.280 e. The van der Waals surface area contributed by atoms with Gasteiger partial charge in [0, 0.05) is 16.8 Å². The predicted octanol–water partition coefficient (Wildman–Crippen LogP) is 3.55. The van der Waals surface area contributed by atoms with E-state index in [1.807, 2.05) is 30.5 Å². The number of halogens is 1. The molecule has 0 bridgehead atoms. The number of H-pyrrole nitrogens is 1. The summed E-state index contributed by atoms with van der Waals surface area (Å²) in [6.45, 7) is 3.37. The number of imidazole rings is 1. The number of hydrogen-bond donors (Lipinski definition) is 2. The number of nitrogen functional groups attached to an aromatic ring is 1. The molecule has 0 spiro atoms. The SMILES string of the molecule is CC=O.CSCCOP(COCCn1cnc2c(=O)[nH]c(N)nc21)OCc1cccc(Br)c1. The monoisotopic (exact) mass is 559 g/mol. The second-order valence-corrected chi connectivity index (χ2v) is 9.74. The standard InChI is InChI=1S/C18H23BrN5O4PS.C2H4O/c1-30-8-7-27-29(28-10-13-3-2-4-14(19)9-13)12-26-6-5-24-11-21-15-16(24)22-18(20)23-17(15)25;1-2-3/h2-4,9,11H,5-8,10,12H2,1H3,(H3,20,22,23,25);2H,1H3.